The normalized spacial score (nSPS) is 25.4. The summed E-state index contributed by atoms with van der Waals surface area (Å²) in [6.07, 6.45) is 10.1. The zero-order valence-corrected chi connectivity index (χ0v) is 13.0. The minimum absolute atomic E-state index is 0.0366. The van der Waals surface area contributed by atoms with E-state index in [1.807, 2.05) is 25.2 Å². The Morgan fingerprint density at radius 2 is 1.85 bits per heavy atom. The lowest BCUT2D eigenvalue weighted by Gasteiger charge is -2.43. The molecule has 1 spiro atoms. The van der Waals surface area contributed by atoms with Crippen LogP contribution in [-0.2, 0) is 0 Å². The number of hydrogen-bond acceptors (Lipinski definition) is 2. The van der Waals surface area contributed by atoms with Crippen LogP contribution in [0.3, 0.4) is 0 Å². The Balaban J connectivity index is 1.90. The number of benzene rings is 1. The van der Waals surface area contributed by atoms with Gasteiger partial charge >= 0.3 is 0 Å². The van der Waals surface area contributed by atoms with Crippen LogP contribution in [0.15, 0.2) is 18.2 Å². The van der Waals surface area contributed by atoms with E-state index in [1.165, 1.54) is 50.5 Å². The summed E-state index contributed by atoms with van der Waals surface area (Å²) in [5.74, 6) is 1.03. The Hall–Kier alpha value is -0.730. The Morgan fingerprint density at radius 1 is 1.15 bits per heavy atom. The maximum Gasteiger partial charge on any atom is 0.125 e. The molecule has 1 N–H and O–H groups in total. The summed E-state index contributed by atoms with van der Waals surface area (Å²) in [5.41, 5.74) is 1.25. The molecule has 1 aliphatic carbocycles. The van der Waals surface area contributed by atoms with Gasteiger partial charge in [-0.05, 0) is 50.9 Å². The Bertz CT molecular complexity index is 466. The molecule has 1 aliphatic heterocycles. The van der Waals surface area contributed by atoms with Crippen molar-refractivity contribution in [2.75, 3.05) is 7.05 Å². The molecule has 0 saturated heterocycles. The van der Waals surface area contributed by atoms with Gasteiger partial charge in [0.15, 0.2) is 0 Å². The smallest absolute Gasteiger partial charge is 0.125 e. The maximum absolute atomic E-state index is 6.48. The van der Waals surface area contributed by atoms with Crippen molar-refractivity contribution in [2.45, 2.75) is 63.0 Å². The lowest BCUT2D eigenvalue weighted by molar-refractivity contribution is 0.00739. The van der Waals surface area contributed by atoms with Crippen molar-refractivity contribution in [2.24, 2.45) is 0 Å². The van der Waals surface area contributed by atoms with Crippen molar-refractivity contribution in [1.29, 1.82) is 0 Å². The Morgan fingerprint density at radius 3 is 2.55 bits per heavy atom. The van der Waals surface area contributed by atoms with Gasteiger partial charge in [0, 0.05) is 23.0 Å². The van der Waals surface area contributed by atoms with E-state index < -0.39 is 0 Å². The van der Waals surface area contributed by atoms with Gasteiger partial charge in [-0.25, -0.2) is 0 Å². The van der Waals surface area contributed by atoms with E-state index in [4.69, 9.17) is 16.3 Å². The number of nitrogens with one attached hydrogen (secondary N) is 1. The van der Waals surface area contributed by atoms with E-state index in [9.17, 15) is 0 Å². The lowest BCUT2D eigenvalue weighted by Crippen LogP contribution is -2.44. The molecule has 20 heavy (non-hydrogen) atoms. The zero-order chi connectivity index (χ0) is 14.0. The van der Waals surface area contributed by atoms with E-state index >= 15 is 0 Å². The van der Waals surface area contributed by atoms with Gasteiger partial charge in [-0.15, -0.1) is 0 Å². The third-order valence-electron chi connectivity index (χ3n) is 4.86. The van der Waals surface area contributed by atoms with Crippen molar-refractivity contribution in [3.8, 4) is 5.75 Å². The third-order valence-corrected chi connectivity index (χ3v) is 5.10. The molecular formula is C17H24ClNO. The van der Waals surface area contributed by atoms with E-state index in [-0.39, 0.29) is 5.60 Å². The molecule has 1 saturated carbocycles. The highest BCUT2D eigenvalue weighted by Crippen LogP contribution is 2.45. The summed E-state index contributed by atoms with van der Waals surface area (Å²) in [5, 5.41) is 4.25. The average molecular weight is 294 g/mol. The minimum atomic E-state index is 0.0366. The number of hydrogen-bond donors (Lipinski definition) is 1. The van der Waals surface area contributed by atoms with Crippen LogP contribution >= 0.6 is 11.6 Å². The highest BCUT2D eigenvalue weighted by Gasteiger charge is 2.40. The molecule has 0 radical (unpaired) electrons. The highest BCUT2D eigenvalue weighted by atomic mass is 35.5. The van der Waals surface area contributed by atoms with Crippen molar-refractivity contribution in [1.82, 2.24) is 5.32 Å². The van der Waals surface area contributed by atoms with Crippen molar-refractivity contribution < 1.29 is 4.74 Å². The molecule has 1 aromatic carbocycles. The molecule has 3 rings (SSSR count). The summed E-state index contributed by atoms with van der Waals surface area (Å²) < 4.78 is 6.48. The van der Waals surface area contributed by atoms with Crippen LogP contribution in [0.4, 0.5) is 0 Å². The topological polar surface area (TPSA) is 21.3 Å². The van der Waals surface area contributed by atoms with Gasteiger partial charge in [0.1, 0.15) is 11.4 Å². The first-order valence-corrected chi connectivity index (χ1v) is 8.26. The first-order chi connectivity index (χ1) is 9.72. The highest BCUT2D eigenvalue weighted by molar-refractivity contribution is 6.30. The summed E-state index contributed by atoms with van der Waals surface area (Å²) in [6.45, 7) is 0. The molecule has 0 bridgehead atoms. The molecular weight excluding hydrogens is 270 g/mol. The second-order valence-electron chi connectivity index (χ2n) is 6.28. The summed E-state index contributed by atoms with van der Waals surface area (Å²) >= 11 is 6.14. The second kappa shape index (κ2) is 5.95. The first-order valence-electron chi connectivity index (χ1n) is 7.88. The monoisotopic (exact) mass is 293 g/mol. The van der Waals surface area contributed by atoms with E-state index in [0.29, 0.717) is 6.04 Å². The Labute approximate surface area is 126 Å². The van der Waals surface area contributed by atoms with E-state index in [2.05, 4.69) is 5.32 Å². The van der Waals surface area contributed by atoms with Crippen LogP contribution in [0.1, 0.15) is 63.0 Å². The van der Waals surface area contributed by atoms with Gasteiger partial charge in [0.25, 0.3) is 0 Å². The van der Waals surface area contributed by atoms with Crippen LogP contribution in [0.5, 0.6) is 5.75 Å². The van der Waals surface area contributed by atoms with Gasteiger partial charge in [0.05, 0.1) is 0 Å². The van der Waals surface area contributed by atoms with Crippen LogP contribution < -0.4 is 10.1 Å². The van der Waals surface area contributed by atoms with Gasteiger partial charge in [-0.1, -0.05) is 30.9 Å². The maximum atomic E-state index is 6.48. The molecule has 2 nitrogen and oxygen atoms in total. The molecule has 110 valence electrons. The predicted molar refractivity (Wildman–Crippen MR) is 83.5 cm³/mol. The molecule has 0 amide bonds. The quantitative estimate of drug-likeness (QED) is 0.798. The molecule has 3 heteroatoms. The fourth-order valence-electron chi connectivity index (χ4n) is 3.75. The molecule has 1 fully saturated rings. The summed E-state index contributed by atoms with van der Waals surface area (Å²) in [6, 6.07) is 6.39. The van der Waals surface area contributed by atoms with E-state index in [0.717, 1.165) is 17.2 Å². The second-order valence-corrected chi connectivity index (χ2v) is 6.72. The standard InChI is InChI=1S/C17H24ClNO/c1-19-15-12-17(9-5-3-2-4-6-10-17)20-16-8-7-13(18)11-14(15)16/h7-8,11,15,19H,2-6,9-10,12H2,1H3. The van der Waals surface area contributed by atoms with Crippen LogP contribution in [0.2, 0.25) is 5.02 Å². The number of rotatable bonds is 1. The molecule has 0 aromatic heterocycles. The number of ether oxygens (including phenoxy) is 1. The fraction of sp³-hybridized carbons (Fsp3) is 0.647. The van der Waals surface area contributed by atoms with Gasteiger partial charge in [0.2, 0.25) is 0 Å². The SMILES string of the molecule is CNC1CC2(CCCCCCC2)Oc2ccc(Cl)cc21. The summed E-state index contributed by atoms with van der Waals surface area (Å²) in [4.78, 5) is 0. The number of fused-ring (bicyclic) bond motifs is 1. The zero-order valence-electron chi connectivity index (χ0n) is 12.3. The van der Waals surface area contributed by atoms with Gasteiger partial charge in [-0.2, -0.15) is 0 Å². The van der Waals surface area contributed by atoms with Crippen molar-refractivity contribution in [3.63, 3.8) is 0 Å². The molecule has 1 aromatic rings. The lowest BCUT2D eigenvalue weighted by atomic mass is 9.79. The van der Waals surface area contributed by atoms with Crippen molar-refractivity contribution in [3.05, 3.63) is 28.8 Å². The first kappa shape index (κ1) is 14.2. The van der Waals surface area contributed by atoms with E-state index in [1.54, 1.807) is 0 Å². The van der Waals surface area contributed by atoms with Crippen LogP contribution in [0, 0.1) is 0 Å². The van der Waals surface area contributed by atoms with Crippen LogP contribution in [0.25, 0.3) is 0 Å². The molecule has 1 heterocycles. The Kier molecular flexibility index (Phi) is 4.23. The minimum Gasteiger partial charge on any atom is -0.487 e. The van der Waals surface area contributed by atoms with Crippen LogP contribution in [-0.4, -0.2) is 12.6 Å². The number of halogens is 1. The fourth-order valence-corrected chi connectivity index (χ4v) is 3.94. The largest absolute Gasteiger partial charge is 0.487 e. The van der Waals surface area contributed by atoms with Gasteiger partial charge < -0.3 is 10.1 Å². The molecule has 1 atom stereocenters. The third kappa shape index (κ3) is 2.82. The predicted octanol–water partition coefficient (Wildman–Crippen LogP) is 4.87. The average Bonchev–Trinajstić information content (AvgIpc) is 2.43. The van der Waals surface area contributed by atoms with Crippen molar-refractivity contribution >= 4 is 11.6 Å². The van der Waals surface area contributed by atoms with Gasteiger partial charge in [-0.3, -0.25) is 0 Å². The summed E-state index contributed by atoms with van der Waals surface area (Å²) in [7, 11) is 2.04. The molecule has 1 unspecified atom stereocenters. The molecule has 2 aliphatic rings.